The number of carbonyl (C=O) groups is 2. The lowest BCUT2D eigenvalue weighted by Crippen LogP contribution is -2.20. The van der Waals surface area contributed by atoms with Crippen molar-refractivity contribution in [3.63, 3.8) is 0 Å². The van der Waals surface area contributed by atoms with Gasteiger partial charge in [0.25, 0.3) is 0 Å². The summed E-state index contributed by atoms with van der Waals surface area (Å²) in [5.41, 5.74) is 1.17. The first-order valence-corrected chi connectivity index (χ1v) is 7.63. The SMILES string of the molecule is COCOc1ccc(OC)cc1NC(=O)Nc1cccc(C(=O)OC)c1. The summed E-state index contributed by atoms with van der Waals surface area (Å²) in [5.74, 6) is 0.487. The van der Waals surface area contributed by atoms with Gasteiger partial charge in [-0.3, -0.25) is 0 Å². The van der Waals surface area contributed by atoms with Gasteiger partial charge in [-0.15, -0.1) is 0 Å². The molecule has 0 unspecified atom stereocenters. The number of ether oxygens (including phenoxy) is 4. The Kier molecular flexibility index (Phi) is 6.81. The van der Waals surface area contributed by atoms with E-state index in [-0.39, 0.29) is 6.79 Å². The molecule has 2 N–H and O–H groups in total. The van der Waals surface area contributed by atoms with Gasteiger partial charge in [0.15, 0.2) is 6.79 Å². The first-order chi connectivity index (χ1) is 12.6. The van der Waals surface area contributed by atoms with Gasteiger partial charge in [0, 0.05) is 18.9 Å². The van der Waals surface area contributed by atoms with Crippen molar-refractivity contribution >= 4 is 23.4 Å². The number of methoxy groups -OCH3 is 3. The van der Waals surface area contributed by atoms with E-state index in [1.165, 1.54) is 27.4 Å². The Labute approximate surface area is 151 Å². The molecule has 8 heteroatoms. The highest BCUT2D eigenvalue weighted by Crippen LogP contribution is 2.29. The second kappa shape index (κ2) is 9.28. The normalized spacial score (nSPS) is 9.96. The van der Waals surface area contributed by atoms with E-state index >= 15 is 0 Å². The molecule has 2 amide bonds. The quantitative estimate of drug-likeness (QED) is 0.582. The van der Waals surface area contributed by atoms with Crippen LogP contribution in [0.4, 0.5) is 16.2 Å². The Hall–Kier alpha value is -3.26. The van der Waals surface area contributed by atoms with E-state index in [1.807, 2.05) is 0 Å². The molecule has 0 atom stereocenters. The number of carbonyl (C=O) groups excluding carboxylic acids is 2. The Balaban J connectivity index is 2.13. The fourth-order valence-electron chi connectivity index (χ4n) is 2.11. The van der Waals surface area contributed by atoms with E-state index < -0.39 is 12.0 Å². The first kappa shape index (κ1) is 19.1. The lowest BCUT2D eigenvalue weighted by atomic mass is 10.2. The molecule has 0 aliphatic carbocycles. The zero-order chi connectivity index (χ0) is 18.9. The number of rotatable bonds is 7. The van der Waals surface area contributed by atoms with Crippen LogP contribution in [0.2, 0.25) is 0 Å². The summed E-state index contributed by atoms with van der Waals surface area (Å²) < 4.78 is 20.1. The molecule has 0 bridgehead atoms. The number of esters is 1. The predicted molar refractivity (Wildman–Crippen MR) is 95.9 cm³/mol. The molecule has 8 nitrogen and oxygen atoms in total. The molecule has 0 aliphatic heterocycles. The van der Waals surface area contributed by atoms with Crippen LogP contribution >= 0.6 is 0 Å². The van der Waals surface area contributed by atoms with Gasteiger partial charge in [-0.25, -0.2) is 9.59 Å². The summed E-state index contributed by atoms with van der Waals surface area (Å²) in [6, 6.07) is 10.9. The topological polar surface area (TPSA) is 95.1 Å². The average molecular weight is 360 g/mol. The van der Waals surface area contributed by atoms with Gasteiger partial charge in [0.2, 0.25) is 0 Å². The summed E-state index contributed by atoms with van der Waals surface area (Å²) in [5, 5.41) is 5.32. The highest BCUT2D eigenvalue weighted by atomic mass is 16.7. The minimum absolute atomic E-state index is 0.0316. The third-order valence-corrected chi connectivity index (χ3v) is 3.31. The van der Waals surface area contributed by atoms with Crippen molar-refractivity contribution in [3.8, 4) is 11.5 Å². The third kappa shape index (κ3) is 5.12. The van der Waals surface area contributed by atoms with Crippen LogP contribution in [0.1, 0.15) is 10.4 Å². The van der Waals surface area contributed by atoms with Crippen molar-refractivity contribution in [3.05, 3.63) is 48.0 Å². The van der Waals surface area contributed by atoms with Gasteiger partial charge in [0.1, 0.15) is 11.5 Å². The van der Waals surface area contributed by atoms with Crippen LogP contribution in [-0.2, 0) is 9.47 Å². The lowest BCUT2D eigenvalue weighted by molar-refractivity contribution is 0.0516. The Morgan fingerprint density at radius 3 is 2.50 bits per heavy atom. The number of amides is 2. The van der Waals surface area contributed by atoms with Crippen molar-refractivity contribution in [2.24, 2.45) is 0 Å². The molecular weight excluding hydrogens is 340 g/mol. The minimum atomic E-state index is -0.512. The Morgan fingerprint density at radius 1 is 1.00 bits per heavy atom. The summed E-state index contributed by atoms with van der Waals surface area (Å²) in [6.45, 7) is 0.0316. The molecule has 2 rings (SSSR count). The van der Waals surface area contributed by atoms with Crippen molar-refractivity contribution in [2.75, 3.05) is 38.8 Å². The molecule has 0 saturated heterocycles. The molecule has 0 aromatic heterocycles. The molecule has 0 radical (unpaired) electrons. The van der Waals surface area contributed by atoms with Crippen LogP contribution in [0.15, 0.2) is 42.5 Å². The van der Waals surface area contributed by atoms with E-state index in [4.69, 9.17) is 14.2 Å². The average Bonchev–Trinajstić information content (AvgIpc) is 2.66. The van der Waals surface area contributed by atoms with Crippen LogP contribution in [0, 0.1) is 0 Å². The standard InChI is InChI=1S/C18H20N2O6/c1-23-11-26-16-8-7-14(24-2)10-15(16)20-18(22)19-13-6-4-5-12(9-13)17(21)25-3/h4-10H,11H2,1-3H3,(H2,19,20,22). The number of nitrogens with one attached hydrogen (secondary N) is 2. The third-order valence-electron chi connectivity index (χ3n) is 3.31. The predicted octanol–water partition coefficient (Wildman–Crippen LogP) is 3.11. The maximum Gasteiger partial charge on any atom is 0.337 e. The number of hydrogen-bond donors (Lipinski definition) is 2. The second-order valence-corrected chi connectivity index (χ2v) is 5.06. The molecule has 0 fully saturated rings. The van der Waals surface area contributed by atoms with Gasteiger partial charge in [-0.1, -0.05) is 6.07 Å². The van der Waals surface area contributed by atoms with E-state index in [1.54, 1.807) is 36.4 Å². The molecule has 0 saturated carbocycles. The Morgan fingerprint density at radius 2 is 1.81 bits per heavy atom. The van der Waals surface area contributed by atoms with Crippen LogP contribution in [0.3, 0.4) is 0 Å². The fraction of sp³-hybridized carbons (Fsp3) is 0.222. The number of hydrogen-bond acceptors (Lipinski definition) is 6. The van der Waals surface area contributed by atoms with Crippen LogP contribution < -0.4 is 20.1 Å². The maximum absolute atomic E-state index is 12.3. The maximum atomic E-state index is 12.3. The highest BCUT2D eigenvalue weighted by Gasteiger charge is 2.11. The lowest BCUT2D eigenvalue weighted by Gasteiger charge is -2.14. The molecule has 2 aromatic rings. The molecular formula is C18H20N2O6. The van der Waals surface area contributed by atoms with E-state index in [2.05, 4.69) is 15.4 Å². The second-order valence-electron chi connectivity index (χ2n) is 5.06. The molecule has 26 heavy (non-hydrogen) atoms. The number of benzene rings is 2. The van der Waals surface area contributed by atoms with Crippen molar-refractivity contribution in [2.45, 2.75) is 0 Å². The monoisotopic (exact) mass is 360 g/mol. The largest absolute Gasteiger partial charge is 0.497 e. The molecule has 0 aliphatic rings. The minimum Gasteiger partial charge on any atom is -0.497 e. The smallest absolute Gasteiger partial charge is 0.337 e. The fourth-order valence-corrected chi connectivity index (χ4v) is 2.11. The molecule has 2 aromatic carbocycles. The van der Waals surface area contributed by atoms with Gasteiger partial charge < -0.3 is 29.6 Å². The zero-order valence-electron chi connectivity index (χ0n) is 14.7. The molecule has 138 valence electrons. The van der Waals surface area contributed by atoms with Gasteiger partial charge >= 0.3 is 12.0 Å². The Bertz CT molecular complexity index is 778. The van der Waals surface area contributed by atoms with Crippen molar-refractivity contribution in [1.29, 1.82) is 0 Å². The van der Waals surface area contributed by atoms with Crippen molar-refractivity contribution < 1.29 is 28.5 Å². The van der Waals surface area contributed by atoms with Crippen molar-refractivity contribution in [1.82, 2.24) is 0 Å². The van der Waals surface area contributed by atoms with Crippen LogP contribution in [-0.4, -0.2) is 40.1 Å². The van der Waals surface area contributed by atoms with Crippen LogP contribution in [0.5, 0.6) is 11.5 Å². The van der Waals surface area contributed by atoms with E-state index in [9.17, 15) is 9.59 Å². The summed E-state index contributed by atoms with van der Waals surface area (Å²) in [4.78, 5) is 23.9. The summed E-state index contributed by atoms with van der Waals surface area (Å²) in [6.07, 6.45) is 0. The van der Waals surface area contributed by atoms with E-state index in [0.717, 1.165) is 0 Å². The van der Waals surface area contributed by atoms with Gasteiger partial charge in [-0.05, 0) is 30.3 Å². The highest BCUT2D eigenvalue weighted by molar-refractivity contribution is 6.01. The zero-order valence-corrected chi connectivity index (χ0v) is 14.7. The summed E-state index contributed by atoms with van der Waals surface area (Å²) in [7, 11) is 4.31. The number of anilines is 2. The van der Waals surface area contributed by atoms with Gasteiger partial charge in [0.05, 0.1) is 25.5 Å². The van der Waals surface area contributed by atoms with E-state index in [0.29, 0.717) is 28.4 Å². The summed E-state index contributed by atoms with van der Waals surface area (Å²) >= 11 is 0. The first-order valence-electron chi connectivity index (χ1n) is 7.63. The van der Waals surface area contributed by atoms with Gasteiger partial charge in [-0.2, -0.15) is 0 Å². The number of urea groups is 1. The molecule has 0 spiro atoms. The molecule has 0 heterocycles. The van der Waals surface area contributed by atoms with Crippen LogP contribution in [0.25, 0.3) is 0 Å².